The molecule has 2 N–H and O–H groups in total. The van der Waals surface area contributed by atoms with Gasteiger partial charge in [0.15, 0.2) is 0 Å². The highest BCUT2D eigenvalue weighted by molar-refractivity contribution is 4.84. The van der Waals surface area contributed by atoms with Gasteiger partial charge < -0.3 is 10.6 Å². The summed E-state index contributed by atoms with van der Waals surface area (Å²) in [4.78, 5) is 2.74. The Morgan fingerprint density at radius 1 is 1.27 bits per heavy atom. The Kier molecular flexibility index (Phi) is 4.04. The predicted octanol–water partition coefficient (Wildman–Crippen LogP) is 2.24. The molecule has 0 aromatic heterocycles. The van der Waals surface area contributed by atoms with Crippen molar-refractivity contribution in [1.29, 1.82) is 0 Å². The molecule has 2 fully saturated rings. The van der Waals surface area contributed by atoms with E-state index in [4.69, 9.17) is 5.73 Å². The lowest BCUT2D eigenvalue weighted by molar-refractivity contribution is 0.150. The lowest BCUT2D eigenvalue weighted by Crippen LogP contribution is -2.37. The molecule has 2 aliphatic rings. The average molecular weight is 210 g/mol. The van der Waals surface area contributed by atoms with E-state index in [1.54, 1.807) is 0 Å². The van der Waals surface area contributed by atoms with E-state index in [0.29, 0.717) is 0 Å². The largest absolute Gasteiger partial charge is 0.330 e. The minimum absolute atomic E-state index is 0.883. The van der Waals surface area contributed by atoms with E-state index in [1.807, 2.05) is 0 Å². The van der Waals surface area contributed by atoms with Gasteiger partial charge in [-0.3, -0.25) is 0 Å². The van der Waals surface area contributed by atoms with Crippen LogP contribution in [-0.4, -0.2) is 30.6 Å². The monoisotopic (exact) mass is 210 g/mol. The molecular weight excluding hydrogens is 184 g/mol. The molecule has 2 heteroatoms. The zero-order valence-corrected chi connectivity index (χ0v) is 10.1. The van der Waals surface area contributed by atoms with Crippen LogP contribution in [0.2, 0.25) is 0 Å². The van der Waals surface area contributed by atoms with Crippen LogP contribution in [0, 0.1) is 11.8 Å². The summed E-state index contributed by atoms with van der Waals surface area (Å²) in [6, 6.07) is 0.889. The summed E-state index contributed by atoms with van der Waals surface area (Å²) in [5, 5.41) is 0. The van der Waals surface area contributed by atoms with Crippen LogP contribution in [0.3, 0.4) is 0 Å². The van der Waals surface area contributed by atoms with Gasteiger partial charge in [0.2, 0.25) is 0 Å². The van der Waals surface area contributed by atoms with Gasteiger partial charge in [-0.1, -0.05) is 19.8 Å². The SMILES string of the molecule is CC1CCN(C2CCCC(CCN)C2)C1. The van der Waals surface area contributed by atoms with Crippen LogP contribution >= 0.6 is 0 Å². The van der Waals surface area contributed by atoms with Crippen LogP contribution in [0.5, 0.6) is 0 Å². The van der Waals surface area contributed by atoms with Crippen molar-refractivity contribution in [3.05, 3.63) is 0 Å². The molecule has 88 valence electrons. The Hall–Kier alpha value is -0.0800. The van der Waals surface area contributed by atoms with Crippen LogP contribution < -0.4 is 5.73 Å². The highest BCUT2D eigenvalue weighted by Crippen LogP contribution is 2.32. The summed E-state index contributed by atoms with van der Waals surface area (Å²) in [6.07, 6.45) is 8.38. The van der Waals surface area contributed by atoms with E-state index in [1.165, 1.54) is 51.6 Å². The zero-order chi connectivity index (χ0) is 10.7. The van der Waals surface area contributed by atoms with Gasteiger partial charge in [-0.2, -0.15) is 0 Å². The highest BCUT2D eigenvalue weighted by atomic mass is 15.2. The Balaban J connectivity index is 1.81. The fourth-order valence-corrected chi connectivity index (χ4v) is 3.39. The quantitative estimate of drug-likeness (QED) is 0.774. The minimum Gasteiger partial charge on any atom is -0.330 e. The maximum atomic E-state index is 5.67. The van der Waals surface area contributed by atoms with E-state index in [0.717, 1.165) is 24.4 Å². The smallest absolute Gasteiger partial charge is 0.00980 e. The van der Waals surface area contributed by atoms with E-state index in [9.17, 15) is 0 Å². The molecule has 0 aromatic rings. The lowest BCUT2D eigenvalue weighted by Gasteiger charge is -2.35. The van der Waals surface area contributed by atoms with Gasteiger partial charge in [-0.25, -0.2) is 0 Å². The van der Waals surface area contributed by atoms with E-state index >= 15 is 0 Å². The molecule has 1 saturated carbocycles. The molecule has 1 heterocycles. The number of hydrogen-bond donors (Lipinski definition) is 1. The lowest BCUT2D eigenvalue weighted by atomic mass is 9.83. The number of rotatable bonds is 3. The third kappa shape index (κ3) is 2.94. The Bertz CT molecular complexity index is 191. The summed E-state index contributed by atoms with van der Waals surface area (Å²) in [7, 11) is 0. The second kappa shape index (κ2) is 5.31. The summed E-state index contributed by atoms with van der Waals surface area (Å²) in [6.45, 7) is 5.97. The molecule has 1 aliphatic heterocycles. The van der Waals surface area contributed by atoms with Gasteiger partial charge in [-0.05, 0) is 50.6 Å². The Labute approximate surface area is 94.2 Å². The second-order valence-corrected chi connectivity index (χ2v) is 5.65. The number of nitrogens with two attached hydrogens (primary N) is 1. The van der Waals surface area contributed by atoms with Crippen LogP contribution in [-0.2, 0) is 0 Å². The third-order valence-corrected chi connectivity index (χ3v) is 4.30. The fraction of sp³-hybridized carbons (Fsp3) is 1.00. The molecule has 0 aromatic carbocycles. The molecule has 0 bridgehead atoms. The van der Waals surface area contributed by atoms with Crippen molar-refractivity contribution in [2.45, 2.75) is 51.5 Å². The summed E-state index contributed by atoms with van der Waals surface area (Å²) in [5.41, 5.74) is 5.67. The molecule has 2 rings (SSSR count). The molecule has 15 heavy (non-hydrogen) atoms. The average Bonchev–Trinajstić information content (AvgIpc) is 2.66. The Morgan fingerprint density at radius 3 is 2.80 bits per heavy atom. The predicted molar refractivity (Wildman–Crippen MR) is 64.8 cm³/mol. The zero-order valence-electron chi connectivity index (χ0n) is 10.1. The topological polar surface area (TPSA) is 29.3 Å². The van der Waals surface area contributed by atoms with Crippen molar-refractivity contribution in [1.82, 2.24) is 4.90 Å². The molecule has 1 aliphatic carbocycles. The van der Waals surface area contributed by atoms with Crippen molar-refractivity contribution in [2.75, 3.05) is 19.6 Å². The van der Waals surface area contributed by atoms with E-state index in [-0.39, 0.29) is 0 Å². The van der Waals surface area contributed by atoms with Crippen molar-refractivity contribution < 1.29 is 0 Å². The first-order valence-corrected chi connectivity index (χ1v) is 6.73. The molecule has 0 amide bonds. The molecule has 2 nitrogen and oxygen atoms in total. The third-order valence-electron chi connectivity index (χ3n) is 4.30. The van der Waals surface area contributed by atoms with Gasteiger partial charge in [0.05, 0.1) is 0 Å². The van der Waals surface area contributed by atoms with Crippen molar-refractivity contribution >= 4 is 0 Å². The molecule has 3 unspecified atom stereocenters. The number of likely N-dealkylation sites (tertiary alicyclic amines) is 1. The van der Waals surface area contributed by atoms with Gasteiger partial charge in [0, 0.05) is 12.6 Å². The summed E-state index contributed by atoms with van der Waals surface area (Å²) >= 11 is 0. The van der Waals surface area contributed by atoms with Gasteiger partial charge >= 0.3 is 0 Å². The molecular formula is C13H26N2. The van der Waals surface area contributed by atoms with Crippen LogP contribution in [0.4, 0.5) is 0 Å². The maximum Gasteiger partial charge on any atom is 0.00980 e. The van der Waals surface area contributed by atoms with Crippen molar-refractivity contribution in [3.8, 4) is 0 Å². The maximum absolute atomic E-state index is 5.67. The van der Waals surface area contributed by atoms with Gasteiger partial charge in [-0.15, -0.1) is 0 Å². The second-order valence-electron chi connectivity index (χ2n) is 5.65. The summed E-state index contributed by atoms with van der Waals surface area (Å²) < 4.78 is 0. The van der Waals surface area contributed by atoms with E-state index < -0.39 is 0 Å². The molecule has 1 saturated heterocycles. The molecule has 0 spiro atoms. The first-order chi connectivity index (χ1) is 7.29. The van der Waals surface area contributed by atoms with Crippen LogP contribution in [0.1, 0.15) is 45.4 Å². The molecule has 0 radical (unpaired) electrons. The first kappa shape index (κ1) is 11.4. The minimum atomic E-state index is 0.883. The van der Waals surface area contributed by atoms with E-state index in [2.05, 4.69) is 11.8 Å². The van der Waals surface area contributed by atoms with Crippen LogP contribution in [0.25, 0.3) is 0 Å². The highest BCUT2D eigenvalue weighted by Gasteiger charge is 2.29. The summed E-state index contributed by atoms with van der Waals surface area (Å²) in [5.74, 6) is 1.85. The fourth-order valence-electron chi connectivity index (χ4n) is 3.39. The van der Waals surface area contributed by atoms with Gasteiger partial charge in [0.25, 0.3) is 0 Å². The van der Waals surface area contributed by atoms with Crippen molar-refractivity contribution in [2.24, 2.45) is 17.6 Å². The Morgan fingerprint density at radius 2 is 2.13 bits per heavy atom. The number of nitrogens with zero attached hydrogens (tertiary/aromatic N) is 1. The normalized spacial score (nSPS) is 38.4. The van der Waals surface area contributed by atoms with Gasteiger partial charge in [0.1, 0.15) is 0 Å². The van der Waals surface area contributed by atoms with Crippen LogP contribution in [0.15, 0.2) is 0 Å². The van der Waals surface area contributed by atoms with Crippen molar-refractivity contribution in [3.63, 3.8) is 0 Å². The molecule has 3 atom stereocenters. The standard InChI is InChI=1S/C13H26N2/c1-11-6-8-15(10-11)13-4-2-3-12(9-13)5-7-14/h11-13H,2-10,14H2,1H3. The number of hydrogen-bond acceptors (Lipinski definition) is 2. The first-order valence-electron chi connectivity index (χ1n) is 6.73.